The second-order valence-electron chi connectivity index (χ2n) is 6.05. The van der Waals surface area contributed by atoms with Gasteiger partial charge in [-0.15, -0.1) is 0 Å². The first-order valence-corrected chi connectivity index (χ1v) is 7.93. The molecule has 0 aliphatic carbocycles. The van der Waals surface area contributed by atoms with Gasteiger partial charge < -0.3 is 19.7 Å². The van der Waals surface area contributed by atoms with Crippen LogP contribution in [0, 0.1) is 0 Å². The second-order valence-corrected chi connectivity index (χ2v) is 6.05. The molecule has 0 bridgehead atoms. The van der Waals surface area contributed by atoms with Gasteiger partial charge in [0.05, 0.1) is 6.04 Å². The van der Waals surface area contributed by atoms with E-state index in [4.69, 9.17) is 9.47 Å². The molecule has 1 aromatic rings. The van der Waals surface area contributed by atoms with E-state index in [1.807, 2.05) is 30.3 Å². The minimum absolute atomic E-state index is 0.00144. The van der Waals surface area contributed by atoms with Gasteiger partial charge in [0.1, 0.15) is 6.61 Å². The fourth-order valence-electron chi connectivity index (χ4n) is 3.26. The third-order valence-electron chi connectivity index (χ3n) is 4.42. The van der Waals surface area contributed by atoms with Crippen molar-refractivity contribution in [1.82, 2.24) is 10.2 Å². The van der Waals surface area contributed by atoms with Crippen molar-refractivity contribution in [2.24, 2.45) is 0 Å². The molecule has 2 aliphatic heterocycles. The Hall–Kier alpha value is -1.92. The molecule has 0 radical (unpaired) electrons. The number of benzene rings is 1. The van der Waals surface area contributed by atoms with Crippen LogP contribution < -0.4 is 5.32 Å². The molecule has 0 saturated carbocycles. The highest BCUT2D eigenvalue weighted by molar-refractivity contribution is 5.88. The molecule has 0 spiro atoms. The molecule has 1 N–H and O–H groups in total. The normalized spacial score (nSPS) is 24.3. The van der Waals surface area contributed by atoms with Gasteiger partial charge in [0.2, 0.25) is 5.91 Å². The summed E-state index contributed by atoms with van der Waals surface area (Å²) in [7, 11) is 1.48. The molecule has 124 valence electrons. The molecule has 6 nitrogen and oxygen atoms in total. The maximum absolute atomic E-state index is 13.0. The van der Waals surface area contributed by atoms with Crippen molar-refractivity contribution < 1.29 is 19.1 Å². The minimum Gasteiger partial charge on any atom is -0.375 e. The van der Waals surface area contributed by atoms with Crippen LogP contribution in [0.4, 0.5) is 0 Å². The van der Waals surface area contributed by atoms with E-state index in [9.17, 15) is 9.59 Å². The predicted molar refractivity (Wildman–Crippen MR) is 83.7 cm³/mol. The van der Waals surface area contributed by atoms with Gasteiger partial charge in [-0.25, -0.2) is 0 Å². The van der Waals surface area contributed by atoms with Crippen LogP contribution in [0.1, 0.15) is 18.4 Å². The predicted octanol–water partition coefficient (Wildman–Crippen LogP) is 0.666. The quantitative estimate of drug-likeness (QED) is 0.866. The van der Waals surface area contributed by atoms with Crippen LogP contribution in [0.2, 0.25) is 0 Å². The van der Waals surface area contributed by atoms with Crippen LogP contribution in [0.3, 0.4) is 0 Å². The first-order chi connectivity index (χ1) is 11.2. The monoisotopic (exact) mass is 318 g/mol. The highest BCUT2D eigenvalue weighted by Crippen LogP contribution is 2.38. The highest BCUT2D eigenvalue weighted by Gasteiger charge is 2.49. The zero-order chi connectivity index (χ0) is 16.3. The van der Waals surface area contributed by atoms with Gasteiger partial charge in [-0.3, -0.25) is 9.59 Å². The standard InChI is InChI=1S/C17H22N2O4/c1-22-12-15(20)18-14-10-19(11-14)16(21)17(8-5-9-23-17)13-6-3-2-4-7-13/h2-4,6-7,14H,5,8-12H2,1H3,(H,18,20). The molecule has 2 amide bonds. The Bertz CT molecular complexity index is 563. The van der Waals surface area contributed by atoms with E-state index in [-0.39, 0.29) is 24.5 Å². The van der Waals surface area contributed by atoms with Gasteiger partial charge >= 0.3 is 0 Å². The molecule has 0 aromatic heterocycles. The van der Waals surface area contributed by atoms with Gasteiger partial charge in [-0.05, 0) is 18.4 Å². The number of nitrogens with zero attached hydrogens (tertiary/aromatic N) is 1. The first kappa shape index (κ1) is 16.0. The van der Waals surface area contributed by atoms with Gasteiger partial charge in [-0.1, -0.05) is 30.3 Å². The molecule has 2 fully saturated rings. The highest BCUT2D eigenvalue weighted by atomic mass is 16.5. The average molecular weight is 318 g/mol. The van der Waals surface area contributed by atoms with E-state index in [0.717, 1.165) is 12.0 Å². The van der Waals surface area contributed by atoms with Crippen LogP contribution in [-0.4, -0.2) is 56.2 Å². The third-order valence-corrected chi connectivity index (χ3v) is 4.42. The lowest BCUT2D eigenvalue weighted by atomic mass is 9.88. The third kappa shape index (κ3) is 3.09. The zero-order valence-electron chi connectivity index (χ0n) is 13.3. The van der Waals surface area contributed by atoms with Crippen LogP contribution in [0.5, 0.6) is 0 Å². The number of carbonyl (C=O) groups is 2. The molecule has 6 heteroatoms. The molecule has 1 unspecified atom stereocenters. The van der Waals surface area contributed by atoms with Crippen molar-refractivity contribution in [2.75, 3.05) is 33.4 Å². The fraction of sp³-hybridized carbons (Fsp3) is 0.529. The smallest absolute Gasteiger partial charge is 0.259 e. The van der Waals surface area contributed by atoms with Crippen molar-refractivity contribution in [3.8, 4) is 0 Å². The van der Waals surface area contributed by atoms with Crippen molar-refractivity contribution in [1.29, 1.82) is 0 Å². The Morgan fingerprint density at radius 1 is 1.35 bits per heavy atom. The molecular formula is C17H22N2O4. The summed E-state index contributed by atoms with van der Waals surface area (Å²) >= 11 is 0. The molecule has 3 rings (SSSR count). The zero-order valence-corrected chi connectivity index (χ0v) is 13.3. The number of amides is 2. The second kappa shape index (κ2) is 6.68. The summed E-state index contributed by atoms with van der Waals surface area (Å²) in [5.41, 5.74) is 0.0531. The summed E-state index contributed by atoms with van der Waals surface area (Å²) in [5, 5.41) is 2.85. The molecule has 2 aliphatic rings. The Labute approximate surface area is 135 Å². The van der Waals surface area contributed by atoms with Gasteiger partial charge in [-0.2, -0.15) is 0 Å². The number of carbonyl (C=O) groups excluding carboxylic acids is 2. The number of hydrogen-bond donors (Lipinski definition) is 1. The van der Waals surface area contributed by atoms with Gasteiger partial charge in [0.15, 0.2) is 5.60 Å². The SMILES string of the molecule is COCC(=O)NC1CN(C(=O)C2(c3ccccc3)CCCO2)C1. The maximum atomic E-state index is 13.0. The molecular weight excluding hydrogens is 296 g/mol. The summed E-state index contributed by atoms with van der Waals surface area (Å²) < 4.78 is 10.7. The van der Waals surface area contributed by atoms with Crippen LogP contribution in [-0.2, 0) is 24.7 Å². The molecule has 2 heterocycles. The van der Waals surface area contributed by atoms with E-state index in [1.165, 1.54) is 7.11 Å². The Morgan fingerprint density at radius 3 is 2.70 bits per heavy atom. The number of ether oxygens (including phenoxy) is 2. The number of likely N-dealkylation sites (tertiary alicyclic amines) is 1. The lowest BCUT2D eigenvalue weighted by molar-refractivity contribution is -0.160. The van der Waals surface area contributed by atoms with E-state index in [1.54, 1.807) is 4.90 Å². The number of nitrogens with one attached hydrogen (secondary N) is 1. The summed E-state index contributed by atoms with van der Waals surface area (Å²) in [4.78, 5) is 26.2. The summed E-state index contributed by atoms with van der Waals surface area (Å²) in [6, 6.07) is 9.67. The van der Waals surface area contributed by atoms with Gasteiger partial charge in [0.25, 0.3) is 5.91 Å². The number of methoxy groups -OCH3 is 1. The Kier molecular flexibility index (Phi) is 4.63. The maximum Gasteiger partial charge on any atom is 0.259 e. The van der Waals surface area contributed by atoms with E-state index in [2.05, 4.69) is 5.32 Å². The molecule has 1 aromatic carbocycles. The summed E-state index contributed by atoms with van der Waals surface area (Å²) in [6.07, 6.45) is 1.58. The minimum atomic E-state index is -0.858. The Morgan fingerprint density at radius 2 is 2.09 bits per heavy atom. The largest absolute Gasteiger partial charge is 0.375 e. The van der Waals surface area contributed by atoms with E-state index in [0.29, 0.717) is 26.1 Å². The van der Waals surface area contributed by atoms with Crippen LogP contribution >= 0.6 is 0 Å². The first-order valence-electron chi connectivity index (χ1n) is 7.93. The number of rotatable bonds is 5. The topological polar surface area (TPSA) is 67.9 Å². The summed E-state index contributed by atoms with van der Waals surface area (Å²) in [5.74, 6) is -0.155. The van der Waals surface area contributed by atoms with Crippen molar-refractivity contribution in [2.45, 2.75) is 24.5 Å². The average Bonchev–Trinajstić information content (AvgIpc) is 3.02. The molecule has 23 heavy (non-hydrogen) atoms. The van der Waals surface area contributed by atoms with Crippen molar-refractivity contribution in [3.63, 3.8) is 0 Å². The lowest BCUT2D eigenvalue weighted by Crippen LogP contribution is -2.64. The Balaban J connectivity index is 1.64. The van der Waals surface area contributed by atoms with Crippen LogP contribution in [0.15, 0.2) is 30.3 Å². The molecule has 1 atom stereocenters. The van der Waals surface area contributed by atoms with Gasteiger partial charge in [0, 0.05) is 26.8 Å². The van der Waals surface area contributed by atoms with Crippen molar-refractivity contribution in [3.05, 3.63) is 35.9 Å². The molecule has 2 saturated heterocycles. The van der Waals surface area contributed by atoms with E-state index >= 15 is 0 Å². The lowest BCUT2D eigenvalue weighted by Gasteiger charge is -2.43. The van der Waals surface area contributed by atoms with E-state index < -0.39 is 5.60 Å². The fourth-order valence-corrected chi connectivity index (χ4v) is 3.26. The van der Waals surface area contributed by atoms with Crippen LogP contribution in [0.25, 0.3) is 0 Å². The number of hydrogen-bond acceptors (Lipinski definition) is 4. The summed E-state index contributed by atoms with van der Waals surface area (Å²) in [6.45, 7) is 1.68. The van der Waals surface area contributed by atoms with Crippen molar-refractivity contribution >= 4 is 11.8 Å².